The Kier molecular flexibility index (Phi) is 7.14. The van der Waals surface area contributed by atoms with Crippen molar-refractivity contribution in [1.82, 2.24) is 10.3 Å². The highest BCUT2D eigenvalue weighted by atomic mass is 32.1. The van der Waals surface area contributed by atoms with E-state index in [-0.39, 0.29) is 24.6 Å². The van der Waals surface area contributed by atoms with Crippen LogP contribution in [0.1, 0.15) is 6.42 Å². The molecule has 8 heteroatoms. The molecule has 0 bridgehead atoms. The van der Waals surface area contributed by atoms with Crippen LogP contribution in [0.3, 0.4) is 0 Å². The topological polar surface area (TPSA) is 93.9 Å². The number of hydrogen-bond acceptors (Lipinski definition) is 6. The summed E-state index contributed by atoms with van der Waals surface area (Å²) < 4.78 is 8.95. The quantitative estimate of drug-likeness (QED) is 0.271. The van der Waals surface area contributed by atoms with Crippen LogP contribution in [0.15, 0.2) is 0 Å². The standard InChI is InChI=1S/C8H15N3O4S/c1-14-6(12)3-4-11(8(16)10-9)5-7(13)15-2/h3-5,9H2,1-2H3,(H,10,16). The van der Waals surface area contributed by atoms with E-state index in [4.69, 9.17) is 18.1 Å². The van der Waals surface area contributed by atoms with Crippen LogP contribution < -0.4 is 11.3 Å². The molecule has 0 aliphatic rings. The molecule has 0 saturated carbocycles. The number of ether oxygens (including phenoxy) is 2. The molecule has 0 atom stereocenters. The third kappa shape index (κ3) is 5.47. The van der Waals surface area contributed by atoms with Crippen LogP contribution in [0.5, 0.6) is 0 Å². The number of nitrogens with zero attached hydrogens (tertiary/aromatic N) is 1. The van der Waals surface area contributed by atoms with Gasteiger partial charge >= 0.3 is 11.9 Å². The summed E-state index contributed by atoms with van der Waals surface area (Å²) in [6.07, 6.45) is 0.106. The molecule has 0 spiro atoms. The summed E-state index contributed by atoms with van der Waals surface area (Å²) in [5, 5.41) is 0.161. The van der Waals surface area contributed by atoms with Gasteiger partial charge in [0.25, 0.3) is 0 Å². The van der Waals surface area contributed by atoms with Crippen LogP contribution in [-0.4, -0.2) is 49.3 Å². The lowest BCUT2D eigenvalue weighted by Crippen LogP contribution is -2.46. The Hall–Kier alpha value is -1.41. The SMILES string of the molecule is COC(=O)CCN(CC(=O)OC)C(=S)NN. The van der Waals surface area contributed by atoms with Gasteiger partial charge in [0.05, 0.1) is 20.6 Å². The summed E-state index contributed by atoms with van der Waals surface area (Å²) in [4.78, 5) is 23.4. The number of methoxy groups -OCH3 is 2. The zero-order valence-electron chi connectivity index (χ0n) is 9.19. The van der Waals surface area contributed by atoms with Gasteiger partial charge in [-0.05, 0) is 12.2 Å². The van der Waals surface area contributed by atoms with Crippen molar-refractivity contribution in [2.24, 2.45) is 5.84 Å². The van der Waals surface area contributed by atoms with Crippen molar-refractivity contribution in [3.8, 4) is 0 Å². The minimum atomic E-state index is -0.470. The molecule has 0 radical (unpaired) electrons. The van der Waals surface area contributed by atoms with Gasteiger partial charge < -0.3 is 19.8 Å². The van der Waals surface area contributed by atoms with Crippen molar-refractivity contribution in [1.29, 1.82) is 0 Å². The maximum Gasteiger partial charge on any atom is 0.325 e. The maximum atomic E-state index is 11.0. The molecule has 0 aliphatic heterocycles. The Morgan fingerprint density at radius 2 is 1.88 bits per heavy atom. The number of hydrazine groups is 1. The van der Waals surface area contributed by atoms with Gasteiger partial charge in [0, 0.05) is 6.54 Å². The number of nitrogens with two attached hydrogens (primary N) is 1. The van der Waals surface area contributed by atoms with E-state index in [0.717, 1.165) is 0 Å². The first kappa shape index (κ1) is 14.6. The van der Waals surface area contributed by atoms with Crippen LogP contribution >= 0.6 is 12.2 Å². The number of nitrogens with one attached hydrogen (secondary N) is 1. The van der Waals surface area contributed by atoms with Crippen molar-refractivity contribution >= 4 is 29.3 Å². The van der Waals surface area contributed by atoms with Gasteiger partial charge in [-0.15, -0.1) is 0 Å². The molecule has 0 aromatic carbocycles. The van der Waals surface area contributed by atoms with Crippen molar-refractivity contribution in [3.63, 3.8) is 0 Å². The molecule has 7 nitrogen and oxygen atoms in total. The number of rotatable bonds is 5. The fourth-order valence-electron chi connectivity index (χ4n) is 0.892. The van der Waals surface area contributed by atoms with Crippen LogP contribution in [-0.2, 0) is 19.1 Å². The molecule has 0 aromatic heterocycles. The Morgan fingerprint density at radius 1 is 1.31 bits per heavy atom. The molecular formula is C8H15N3O4S. The second-order valence-electron chi connectivity index (χ2n) is 2.77. The lowest BCUT2D eigenvalue weighted by molar-refractivity contribution is -0.143. The van der Waals surface area contributed by atoms with Crippen molar-refractivity contribution in [2.45, 2.75) is 6.42 Å². The molecule has 16 heavy (non-hydrogen) atoms. The number of esters is 2. The molecule has 0 aromatic rings. The predicted octanol–water partition coefficient (Wildman–Crippen LogP) is -1.23. The van der Waals surface area contributed by atoms with Gasteiger partial charge in [0.1, 0.15) is 6.54 Å². The van der Waals surface area contributed by atoms with E-state index in [2.05, 4.69) is 14.9 Å². The third-order valence-electron chi connectivity index (χ3n) is 1.77. The average molecular weight is 249 g/mol. The molecule has 0 fully saturated rings. The van der Waals surface area contributed by atoms with Crippen molar-refractivity contribution in [3.05, 3.63) is 0 Å². The summed E-state index contributed by atoms with van der Waals surface area (Å²) in [7, 11) is 2.55. The molecule has 92 valence electrons. The third-order valence-corrected chi connectivity index (χ3v) is 2.15. The lowest BCUT2D eigenvalue weighted by Gasteiger charge is -2.22. The van der Waals surface area contributed by atoms with E-state index in [1.165, 1.54) is 19.1 Å². The summed E-state index contributed by atoms with van der Waals surface area (Å²) >= 11 is 4.86. The fraction of sp³-hybridized carbons (Fsp3) is 0.625. The van der Waals surface area contributed by atoms with E-state index in [1.807, 2.05) is 0 Å². The average Bonchev–Trinajstić information content (AvgIpc) is 2.32. The largest absolute Gasteiger partial charge is 0.469 e. The minimum Gasteiger partial charge on any atom is -0.469 e. The van der Waals surface area contributed by atoms with E-state index in [9.17, 15) is 9.59 Å². The van der Waals surface area contributed by atoms with Crippen LogP contribution in [0.25, 0.3) is 0 Å². The first-order valence-electron chi connectivity index (χ1n) is 4.44. The summed E-state index contributed by atoms with van der Waals surface area (Å²) in [5.74, 6) is 4.26. The van der Waals surface area contributed by atoms with Gasteiger partial charge in [0.2, 0.25) is 0 Å². The highest BCUT2D eigenvalue weighted by Gasteiger charge is 2.15. The van der Waals surface area contributed by atoms with Gasteiger partial charge in [-0.1, -0.05) is 0 Å². The van der Waals surface area contributed by atoms with Crippen LogP contribution in [0, 0.1) is 0 Å². The molecule has 3 N–H and O–H groups in total. The minimum absolute atomic E-state index is 0.0729. The zero-order valence-corrected chi connectivity index (χ0v) is 10.0. The summed E-state index contributed by atoms with van der Waals surface area (Å²) in [6.45, 7) is 0.154. The van der Waals surface area contributed by atoms with Gasteiger partial charge in [0.15, 0.2) is 5.11 Å². The van der Waals surface area contributed by atoms with Crippen molar-refractivity contribution < 1.29 is 19.1 Å². The summed E-state index contributed by atoms with van der Waals surface area (Å²) in [5.41, 5.74) is 2.23. The normalized spacial score (nSPS) is 9.19. The summed E-state index contributed by atoms with van der Waals surface area (Å²) in [6, 6.07) is 0. The Labute approximate surface area is 98.8 Å². The molecule has 0 heterocycles. The van der Waals surface area contributed by atoms with E-state index >= 15 is 0 Å². The predicted molar refractivity (Wildman–Crippen MR) is 60.1 cm³/mol. The Morgan fingerprint density at radius 3 is 2.31 bits per heavy atom. The molecular weight excluding hydrogens is 234 g/mol. The van der Waals surface area contributed by atoms with E-state index in [0.29, 0.717) is 0 Å². The highest BCUT2D eigenvalue weighted by molar-refractivity contribution is 7.80. The van der Waals surface area contributed by atoms with Gasteiger partial charge in [-0.3, -0.25) is 9.59 Å². The number of carbonyl (C=O) groups excluding carboxylic acids is 2. The molecule has 0 unspecified atom stereocenters. The number of hydrogen-bond donors (Lipinski definition) is 2. The monoisotopic (exact) mass is 249 g/mol. The first-order valence-corrected chi connectivity index (χ1v) is 4.85. The zero-order chi connectivity index (χ0) is 12.6. The second kappa shape index (κ2) is 7.83. The molecule has 0 aliphatic carbocycles. The first-order chi connectivity index (χ1) is 7.54. The van der Waals surface area contributed by atoms with Crippen molar-refractivity contribution in [2.75, 3.05) is 27.3 Å². The molecule has 0 rings (SSSR count). The number of carbonyl (C=O) groups is 2. The van der Waals surface area contributed by atoms with Crippen LogP contribution in [0.2, 0.25) is 0 Å². The maximum absolute atomic E-state index is 11.0. The molecule has 0 amide bonds. The lowest BCUT2D eigenvalue weighted by atomic mass is 10.4. The van der Waals surface area contributed by atoms with Gasteiger partial charge in [-0.25, -0.2) is 5.84 Å². The Bertz CT molecular complexity index is 272. The highest BCUT2D eigenvalue weighted by Crippen LogP contribution is 1.95. The van der Waals surface area contributed by atoms with Gasteiger partial charge in [-0.2, -0.15) is 0 Å². The second-order valence-corrected chi connectivity index (χ2v) is 3.16. The van der Waals surface area contributed by atoms with E-state index in [1.54, 1.807) is 0 Å². The fourth-order valence-corrected chi connectivity index (χ4v) is 1.05. The number of thiocarbonyl (C=S) groups is 1. The smallest absolute Gasteiger partial charge is 0.325 e. The Balaban J connectivity index is 4.26. The van der Waals surface area contributed by atoms with Crippen LogP contribution in [0.4, 0.5) is 0 Å². The molecule has 0 saturated heterocycles. The van der Waals surface area contributed by atoms with E-state index < -0.39 is 11.9 Å².